The molecule has 0 aliphatic carbocycles. The van der Waals surface area contributed by atoms with Crippen LogP contribution in [0.1, 0.15) is 18.1 Å². The van der Waals surface area contributed by atoms with Crippen LogP contribution in [0.3, 0.4) is 0 Å². The standard InChI is InChI=1S/C20H18N4O5/c1-2-13-3-6-15(7-4-13)29-20-18(24(25)26)19(22-11-23-20)21-10-14-5-8-16-17(9-14)28-12-27-16/h3-9,11H,2,10,12H2,1H3,(H,21,22,23). The SMILES string of the molecule is CCc1ccc(Oc2ncnc(NCc3ccc4c(c3)OCO4)c2[N+](=O)[O-])cc1. The Hall–Kier alpha value is -3.88. The molecule has 2 aromatic carbocycles. The fraction of sp³-hybridized carbons (Fsp3) is 0.200. The van der Waals surface area contributed by atoms with Crippen molar-refractivity contribution in [3.8, 4) is 23.1 Å². The van der Waals surface area contributed by atoms with Crippen LogP contribution in [0.25, 0.3) is 0 Å². The maximum Gasteiger partial charge on any atom is 0.373 e. The van der Waals surface area contributed by atoms with E-state index in [2.05, 4.69) is 15.3 Å². The number of ether oxygens (including phenoxy) is 3. The summed E-state index contributed by atoms with van der Waals surface area (Å²) in [7, 11) is 0. The molecule has 0 fully saturated rings. The number of rotatable bonds is 7. The van der Waals surface area contributed by atoms with Gasteiger partial charge in [-0.05, 0) is 41.8 Å². The molecule has 0 radical (unpaired) electrons. The van der Waals surface area contributed by atoms with E-state index in [1.54, 1.807) is 18.2 Å². The largest absolute Gasteiger partial charge is 0.454 e. The van der Waals surface area contributed by atoms with Crippen molar-refractivity contribution in [3.63, 3.8) is 0 Å². The molecule has 3 aromatic rings. The summed E-state index contributed by atoms with van der Waals surface area (Å²) in [4.78, 5) is 19.1. The van der Waals surface area contributed by atoms with Gasteiger partial charge in [0.15, 0.2) is 11.5 Å². The van der Waals surface area contributed by atoms with Crippen LogP contribution in [0.4, 0.5) is 11.5 Å². The number of fused-ring (bicyclic) bond motifs is 1. The zero-order valence-electron chi connectivity index (χ0n) is 15.6. The van der Waals surface area contributed by atoms with Gasteiger partial charge >= 0.3 is 11.6 Å². The molecule has 4 rings (SSSR count). The van der Waals surface area contributed by atoms with Gasteiger partial charge in [-0.1, -0.05) is 25.1 Å². The van der Waals surface area contributed by atoms with Crippen molar-refractivity contribution in [3.05, 3.63) is 70.0 Å². The summed E-state index contributed by atoms with van der Waals surface area (Å²) in [6.45, 7) is 2.53. The van der Waals surface area contributed by atoms with Crippen LogP contribution in [0, 0.1) is 10.1 Å². The molecule has 0 bridgehead atoms. The first kappa shape index (κ1) is 18.5. The van der Waals surface area contributed by atoms with Crippen molar-refractivity contribution in [1.29, 1.82) is 0 Å². The van der Waals surface area contributed by atoms with Gasteiger partial charge in [-0.15, -0.1) is 0 Å². The molecule has 0 amide bonds. The summed E-state index contributed by atoms with van der Waals surface area (Å²) >= 11 is 0. The average molecular weight is 394 g/mol. The molecule has 2 heterocycles. The Morgan fingerprint density at radius 3 is 2.62 bits per heavy atom. The first-order valence-corrected chi connectivity index (χ1v) is 9.02. The van der Waals surface area contributed by atoms with Crippen molar-refractivity contribution in [2.45, 2.75) is 19.9 Å². The molecule has 0 saturated heterocycles. The van der Waals surface area contributed by atoms with Crippen LogP contribution in [0.2, 0.25) is 0 Å². The summed E-state index contributed by atoms with van der Waals surface area (Å²) in [6, 6.07) is 12.8. The Labute approximate surface area is 166 Å². The lowest BCUT2D eigenvalue weighted by Gasteiger charge is -2.10. The van der Waals surface area contributed by atoms with Crippen molar-refractivity contribution < 1.29 is 19.1 Å². The molecule has 0 atom stereocenters. The van der Waals surface area contributed by atoms with Gasteiger partial charge in [0.25, 0.3) is 0 Å². The molecular formula is C20H18N4O5. The van der Waals surface area contributed by atoms with E-state index in [9.17, 15) is 10.1 Å². The highest BCUT2D eigenvalue weighted by molar-refractivity contribution is 5.62. The highest BCUT2D eigenvalue weighted by atomic mass is 16.7. The molecule has 1 aromatic heterocycles. The summed E-state index contributed by atoms with van der Waals surface area (Å²) < 4.78 is 16.3. The topological polar surface area (TPSA) is 109 Å². The molecule has 29 heavy (non-hydrogen) atoms. The number of nitro groups is 1. The molecule has 148 valence electrons. The third-order valence-corrected chi connectivity index (χ3v) is 4.41. The molecule has 1 aliphatic heterocycles. The molecular weight excluding hydrogens is 376 g/mol. The average Bonchev–Trinajstić information content (AvgIpc) is 3.20. The number of anilines is 1. The second-order valence-electron chi connectivity index (χ2n) is 6.27. The summed E-state index contributed by atoms with van der Waals surface area (Å²) in [6.07, 6.45) is 2.12. The minimum absolute atomic E-state index is 0.0721. The minimum Gasteiger partial charge on any atom is -0.454 e. The van der Waals surface area contributed by atoms with E-state index < -0.39 is 4.92 Å². The molecule has 0 spiro atoms. The maximum atomic E-state index is 11.7. The summed E-state index contributed by atoms with van der Waals surface area (Å²) in [5.41, 5.74) is 1.67. The fourth-order valence-electron chi connectivity index (χ4n) is 2.87. The van der Waals surface area contributed by atoms with Crippen LogP contribution < -0.4 is 19.5 Å². The maximum absolute atomic E-state index is 11.7. The summed E-state index contributed by atoms with van der Waals surface area (Å²) in [5, 5.41) is 14.6. The number of aryl methyl sites for hydroxylation is 1. The lowest BCUT2D eigenvalue weighted by Crippen LogP contribution is -2.07. The number of aromatic nitrogens is 2. The Morgan fingerprint density at radius 1 is 1.10 bits per heavy atom. The van der Waals surface area contributed by atoms with E-state index in [0.29, 0.717) is 23.8 Å². The zero-order valence-corrected chi connectivity index (χ0v) is 15.6. The summed E-state index contributed by atoms with van der Waals surface area (Å²) in [5.74, 6) is 1.73. The zero-order chi connectivity index (χ0) is 20.2. The fourth-order valence-corrected chi connectivity index (χ4v) is 2.87. The smallest absolute Gasteiger partial charge is 0.373 e. The second-order valence-corrected chi connectivity index (χ2v) is 6.27. The monoisotopic (exact) mass is 394 g/mol. The van der Waals surface area contributed by atoms with Crippen LogP contribution in [0.5, 0.6) is 23.1 Å². The van der Waals surface area contributed by atoms with Crippen LogP contribution in [0.15, 0.2) is 48.8 Å². The third-order valence-electron chi connectivity index (χ3n) is 4.41. The lowest BCUT2D eigenvalue weighted by atomic mass is 10.2. The Morgan fingerprint density at radius 2 is 1.86 bits per heavy atom. The molecule has 1 N–H and O–H groups in total. The normalized spacial score (nSPS) is 11.9. The number of nitrogens with one attached hydrogen (secondary N) is 1. The van der Waals surface area contributed by atoms with Crippen LogP contribution >= 0.6 is 0 Å². The quantitative estimate of drug-likeness (QED) is 0.472. The molecule has 9 nitrogen and oxygen atoms in total. The highest BCUT2D eigenvalue weighted by Crippen LogP contribution is 2.35. The van der Waals surface area contributed by atoms with E-state index in [1.165, 1.54) is 6.33 Å². The van der Waals surface area contributed by atoms with E-state index in [4.69, 9.17) is 14.2 Å². The van der Waals surface area contributed by atoms with E-state index in [1.807, 2.05) is 31.2 Å². The second kappa shape index (κ2) is 8.01. The van der Waals surface area contributed by atoms with Crippen molar-refractivity contribution in [2.75, 3.05) is 12.1 Å². The third kappa shape index (κ3) is 4.03. The van der Waals surface area contributed by atoms with Gasteiger partial charge in [-0.25, -0.2) is 4.98 Å². The van der Waals surface area contributed by atoms with Gasteiger partial charge in [-0.3, -0.25) is 10.1 Å². The van der Waals surface area contributed by atoms with Gasteiger partial charge in [0.05, 0.1) is 4.92 Å². The van der Waals surface area contributed by atoms with E-state index in [0.717, 1.165) is 17.5 Å². The Kier molecular flexibility index (Phi) is 5.10. The predicted octanol–water partition coefficient (Wildman–Crippen LogP) is 4.08. The number of hydrogen-bond acceptors (Lipinski definition) is 8. The van der Waals surface area contributed by atoms with Crippen molar-refractivity contribution >= 4 is 11.5 Å². The number of nitrogens with zero attached hydrogens (tertiary/aromatic N) is 3. The van der Waals surface area contributed by atoms with Gasteiger partial charge in [0.2, 0.25) is 12.6 Å². The molecule has 0 saturated carbocycles. The van der Waals surface area contributed by atoms with Crippen molar-refractivity contribution in [2.24, 2.45) is 0 Å². The number of hydrogen-bond donors (Lipinski definition) is 1. The van der Waals surface area contributed by atoms with Gasteiger partial charge in [-0.2, -0.15) is 4.98 Å². The van der Waals surface area contributed by atoms with Crippen LogP contribution in [-0.4, -0.2) is 21.7 Å². The van der Waals surface area contributed by atoms with E-state index in [-0.39, 0.29) is 24.2 Å². The lowest BCUT2D eigenvalue weighted by molar-refractivity contribution is -0.385. The highest BCUT2D eigenvalue weighted by Gasteiger charge is 2.25. The Balaban J connectivity index is 1.55. The van der Waals surface area contributed by atoms with Crippen LogP contribution in [-0.2, 0) is 13.0 Å². The molecule has 0 unspecified atom stereocenters. The molecule has 1 aliphatic rings. The minimum atomic E-state index is -0.558. The van der Waals surface area contributed by atoms with Gasteiger partial charge < -0.3 is 19.5 Å². The van der Waals surface area contributed by atoms with Gasteiger partial charge in [0.1, 0.15) is 12.1 Å². The van der Waals surface area contributed by atoms with Gasteiger partial charge in [0, 0.05) is 6.54 Å². The van der Waals surface area contributed by atoms with E-state index >= 15 is 0 Å². The first-order chi connectivity index (χ1) is 14.1. The Bertz CT molecular complexity index is 1040. The predicted molar refractivity (Wildman–Crippen MR) is 104 cm³/mol. The number of benzene rings is 2. The van der Waals surface area contributed by atoms with Crippen molar-refractivity contribution in [1.82, 2.24) is 9.97 Å². The molecule has 9 heteroatoms. The first-order valence-electron chi connectivity index (χ1n) is 9.02.